The van der Waals surface area contributed by atoms with Gasteiger partial charge in [0.15, 0.2) is 0 Å². The van der Waals surface area contributed by atoms with Crippen LogP contribution in [0.4, 0.5) is 5.69 Å². The van der Waals surface area contributed by atoms with Crippen LogP contribution < -0.4 is 9.64 Å². The molecule has 4 heteroatoms. The first-order valence-electron chi connectivity index (χ1n) is 8.60. The van der Waals surface area contributed by atoms with Gasteiger partial charge >= 0.3 is 0 Å². The number of furan rings is 1. The van der Waals surface area contributed by atoms with Crippen LogP contribution in [0.2, 0.25) is 0 Å². The number of rotatable bonds is 6. The molecule has 0 aliphatic rings. The minimum Gasteiger partial charge on any atom is -0.496 e. The molecule has 134 valence electrons. The van der Waals surface area contributed by atoms with Crippen LogP contribution in [0.15, 0.2) is 65.3 Å². The number of aryl methyl sites for hydroxylation is 2. The van der Waals surface area contributed by atoms with Gasteiger partial charge in [-0.2, -0.15) is 0 Å². The molecule has 0 aliphatic carbocycles. The number of hydrogen-bond acceptors (Lipinski definition) is 3. The predicted molar refractivity (Wildman–Crippen MR) is 103 cm³/mol. The van der Waals surface area contributed by atoms with E-state index in [1.807, 2.05) is 68.4 Å². The molecule has 0 saturated heterocycles. The van der Waals surface area contributed by atoms with Gasteiger partial charge in [-0.25, -0.2) is 0 Å². The maximum Gasteiger partial charge on any atom is 0.231 e. The van der Waals surface area contributed by atoms with Gasteiger partial charge in [0, 0.05) is 5.69 Å². The van der Waals surface area contributed by atoms with Gasteiger partial charge in [-0.3, -0.25) is 4.79 Å². The second kappa shape index (κ2) is 7.91. The molecule has 0 N–H and O–H groups in total. The van der Waals surface area contributed by atoms with Gasteiger partial charge in [-0.15, -0.1) is 0 Å². The molecule has 0 saturated carbocycles. The van der Waals surface area contributed by atoms with Crippen LogP contribution >= 0.6 is 0 Å². The molecule has 0 unspecified atom stereocenters. The molecule has 0 fully saturated rings. The van der Waals surface area contributed by atoms with Crippen LogP contribution in [-0.2, 0) is 17.8 Å². The van der Waals surface area contributed by atoms with Gasteiger partial charge in [0.2, 0.25) is 5.91 Å². The molecule has 3 rings (SSSR count). The Bertz CT molecular complexity index is 867. The average molecular weight is 349 g/mol. The van der Waals surface area contributed by atoms with Crippen molar-refractivity contribution in [3.05, 3.63) is 83.3 Å². The van der Waals surface area contributed by atoms with E-state index in [9.17, 15) is 4.79 Å². The van der Waals surface area contributed by atoms with Gasteiger partial charge in [-0.1, -0.05) is 29.8 Å². The number of ether oxygens (including phenoxy) is 1. The lowest BCUT2D eigenvalue weighted by Gasteiger charge is -2.22. The van der Waals surface area contributed by atoms with Crippen molar-refractivity contribution < 1.29 is 13.9 Å². The molecule has 2 aromatic carbocycles. The predicted octanol–water partition coefficient (Wildman–Crippen LogP) is 4.68. The van der Waals surface area contributed by atoms with Crippen LogP contribution in [0.25, 0.3) is 0 Å². The van der Waals surface area contributed by atoms with Crippen LogP contribution in [0.1, 0.15) is 22.5 Å². The second-order valence-electron chi connectivity index (χ2n) is 6.38. The van der Waals surface area contributed by atoms with Gasteiger partial charge < -0.3 is 14.1 Å². The van der Waals surface area contributed by atoms with E-state index in [4.69, 9.17) is 9.15 Å². The van der Waals surface area contributed by atoms with Crippen molar-refractivity contribution in [3.63, 3.8) is 0 Å². The summed E-state index contributed by atoms with van der Waals surface area (Å²) in [6, 6.07) is 17.5. The Balaban J connectivity index is 1.85. The number of methoxy groups -OCH3 is 1. The van der Waals surface area contributed by atoms with Crippen molar-refractivity contribution in [3.8, 4) is 5.75 Å². The molecule has 1 amide bonds. The quantitative estimate of drug-likeness (QED) is 0.649. The maximum absolute atomic E-state index is 13.1. The average Bonchev–Trinajstić information content (AvgIpc) is 3.15. The molecule has 0 radical (unpaired) electrons. The molecule has 26 heavy (non-hydrogen) atoms. The molecular formula is C22H23NO3. The molecule has 0 aliphatic heterocycles. The maximum atomic E-state index is 13.1. The standard InChI is InChI=1S/C22H23NO3/c1-16-6-10-19(11-7-16)23(15-20-5-4-12-26-20)22(24)14-18-9-8-17(2)21(13-18)25-3/h4-13H,14-15H2,1-3H3. The summed E-state index contributed by atoms with van der Waals surface area (Å²) in [6.07, 6.45) is 1.92. The minimum atomic E-state index is 0.0103. The van der Waals surface area contributed by atoms with E-state index in [-0.39, 0.29) is 5.91 Å². The zero-order chi connectivity index (χ0) is 18.5. The van der Waals surface area contributed by atoms with Crippen LogP contribution in [-0.4, -0.2) is 13.0 Å². The van der Waals surface area contributed by atoms with Gasteiger partial charge in [0.1, 0.15) is 11.5 Å². The summed E-state index contributed by atoms with van der Waals surface area (Å²) in [6.45, 7) is 4.42. The van der Waals surface area contributed by atoms with Crippen molar-refractivity contribution in [2.45, 2.75) is 26.8 Å². The highest BCUT2D eigenvalue weighted by Gasteiger charge is 2.18. The highest BCUT2D eigenvalue weighted by Crippen LogP contribution is 2.23. The smallest absolute Gasteiger partial charge is 0.231 e. The molecule has 3 aromatic rings. The fraction of sp³-hybridized carbons (Fsp3) is 0.227. The fourth-order valence-corrected chi connectivity index (χ4v) is 2.85. The summed E-state index contributed by atoms with van der Waals surface area (Å²) in [5.41, 5.74) is 3.99. The summed E-state index contributed by atoms with van der Waals surface area (Å²) in [7, 11) is 1.64. The van der Waals surface area contributed by atoms with E-state index in [2.05, 4.69) is 0 Å². The number of benzene rings is 2. The topological polar surface area (TPSA) is 42.7 Å². The lowest BCUT2D eigenvalue weighted by molar-refractivity contribution is -0.118. The minimum absolute atomic E-state index is 0.0103. The van der Waals surface area contributed by atoms with E-state index in [1.165, 1.54) is 0 Å². The summed E-state index contributed by atoms with van der Waals surface area (Å²) in [5.74, 6) is 1.56. The Hall–Kier alpha value is -3.01. The zero-order valence-electron chi connectivity index (χ0n) is 15.4. The zero-order valence-corrected chi connectivity index (χ0v) is 15.4. The number of nitrogens with zero attached hydrogens (tertiary/aromatic N) is 1. The van der Waals surface area contributed by atoms with Crippen molar-refractivity contribution in [2.24, 2.45) is 0 Å². The van der Waals surface area contributed by atoms with Gasteiger partial charge in [0.05, 0.1) is 26.3 Å². The first kappa shape index (κ1) is 17.8. The Morgan fingerprint density at radius 2 is 1.85 bits per heavy atom. The van der Waals surface area contributed by atoms with Crippen molar-refractivity contribution in [2.75, 3.05) is 12.0 Å². The van der Waals surface area contributed by atoms with Gasteiger partial charge in [-0.05, 0) is 55.3 Å². The van der Waals surface area contributed by atoms with Crippen LogP contribution in [0, 0.1) is 13.8 Å². The van der Waals surface area contributed by atoms with Crippen molar-refractivity contribution in [1.29, 1.82) is 0 Å². The Kier molecular flexibility index (Phi) is 5.42. The third-order valence-corrected chi connectivity index (χ3v) is 4.37. The first-order chi connectivity index (χ1) is 12.6. The molecule has 0 atom stereocenters. The molecular weight excluding hydrogens is 326 g/mol. The van der Waals surface area contributed by atoms with E-state index in [0.29, 0.717) is 13.0 Å². The third kappa shape index (κ3) is 4.14. The molecule has 4 nitrogen and oxygen atoms in total. The highest BCUT2D eigenvalue weighted by molar-refractivity contribution is 5.94. The number of anilines is 1. The highest BCUT2D eigenvalue weighted by atomic mass is 16.5. The summed E-state index contributed by atoms with van der Waals surface area (Å²) < 4.78 is 10.8. The van der Waals surface area contributed by atoms with Crippen molar-refractivity contribution in [1.82, 2.24) is 0 Å². The SMILES string of the molecule is COc1cc(CC(=O)N(Cc2ccco2)c2ccc(C)cc2)ccc1C. The first-order valence-corrected chi connectivity index (χ1v) is 8.60. The van der Waals surface area contributed by atoms with E-state index < -0.39 is 0 Å². The molecule has 1 aromatic heterocycles. The van der Waals surface area contributed by atoms with Crippen LogP contribution in [0.3, 0.4) is 0 Å². The van der Waals surface area contributed by atoms with Gasteiger partial charge in [0.25, 0.3) is 0 Å². The molecule has 0 spiro atoms. The summed E-state index contributed by atoms with van der Waals surface area (Å²) in [4.78, 5) is 14.8. The summed E-state index contributed by atoms with van der Waals surface area (Å²) in [5, 5.41) is 0. The van der Waals surface area contributed by atoms with E-state index in [1.54, 1.807) is 18.3 Å². The monoisotopic (exact) mass is 349 g/mol. The fourth-order valence-electron chi connectivity index (χ4n) is 2.85. The summed E-state index contributed by atoms with van der Waals surface area (Å²) >= 11 is 0. The Morgan fingerprint density at radius 1 is 1.08 bits per heavy atom. The number of carbonyl (C=O) groups excluding carboxylic acids is 1. The number of hydrogen-bond donors (Lipinski definition) is 0. The molecule has 0 bridgehead atoms. The normalized spacial score (nSPS) is 10.6. The van der Waals surface area contributed by atoms with Crippen LogP contribution in [0.5, 0.6) is 5.75 Å². The Labute approximate surface area is 154 Å². The van der Waals surface area contributed by atoms with Crippen molar-refractivity contribution >= 4 is 11.6 Å². The Morgan fingerprint density at radius 3 is 2.50 bits per heavy atom. The number of amides is 1. The van der Waals surface area contributed by atoms with E-state index >= 15 is 0 Å². The van der Waals surface area contributed by atoms with E-state index in [0.717, 1.165) is 33.9 Å². The third-order valence-electron chi connectivity index (χ3n) is 4.37. The molecule has 1 heterocycles. The largest absolute Gasteiger partial charge is 0.496 e. The lowest BCUT2D eigenvalue weighted by Crippen LogP contribution is -2.31. The number of carbonyl (C=O) groups is 1. The lowest BCUT2D eigenvalue weighted by atomic mass is 10.1. The second-order valence-corrected chi connectivity index (χ2v) is 6.38.